The van der Waals surface area contributed by atoms with Crippen LogP contribution >= 0.6 is 0 Å². The van der Waals surface area contributed by atoms with E-state index < -0.39 is 5.91 Å². The van der Waals surface area contributed by atoms with Crippen LogP contribution in [-0.4, -0.2) is 12.1 Å². The summed E-state index contributed by atoms with van der Waals surface area (Å²) in [6, 6.07) is 9.53. The lowest BCUT2D eigenvalue weighted by atomic mass is 10.2. The summed E-state index contributed by atoms with van der Waals surface area (Å²) < 4.78 is 0. The van der Waals surface area contributed by atoms with Gasteiger partial charge in [0.1, 0.15) is 6.26 Å². The minimum Gasteiger partial charge on any atom is -0.373 e. The highest BCUT2D eigenvalue weighted by molar-refractivity contribution is 5.90. The van der Waals surface area contributed by atoms with E-state index in [4.69, 9.17) is 5.73 Å². The Morgan fingerprint density at radius 3 is 2.53 bits per heavy atom. The van der Waals surface area contributed by atoms with Crippen LogP contribution in [0.5, 0.6) is 0 Å². The maximum absolute atomic E-state index is 10.3. The van der Waals surface area contributed by atoms with Crippen LogP contribution in [0.2, 0.25) is 0 Å². The van der Waals surface area contributed by atoms with Gasteiger partial charge in [0, 0.05) is 6.08 Å². The van der Waals surface area contributed by atoms with Crippen LogP contribution in [0, 0.1) is 0 Å². The van der Waals surface area contributed by atoms with Crippen molar-refractivity contribution in [2.24, 2.45) is 10.8 Å². The normalized spacial score (nSPS) is 12.2. The molecule has 17 heavy (non-hydrogen) atoms. The summed E-state index contributed by atoms with van der Waals surface area (Å²) in [5.41, 5.74) is 8.16. The Hall–Kier alpha value is -2.56. The van der Waals surface area contributed by atoms with Crippen LogP contribution in [0.3, 0.4) is 0 Å². The van der Waals surface area contributed by atoms with Gasteiger partial charge in [0.05, 0.1) is 6.21 Å². The molecule has 0 aromatic heterocycles. The predicted octanol–water partition coefficient (Wildman–Crippen LogP) is 1.21. The quantitative estimate of drug-likeness (QED) is 0.751. The number of allylic oxidation sites excluding steroid dienone is 1. The fourth-order valence-electron chi connectivity index (χ4n) is 0.951. The van der Waals surface area contributed by atoms with Crippen molar-refractivity contribution in [1.82, 2.24) is 5.59 Å². The van der Waals surface area contributed by atoms with Gasteiger partial charge in [-0.1, -0.05) is 30.3 Å². The van der Waals surface area contributed by atoms with Gasteiger partial charge in [-0.2, -0.15) is 5.10 Å². The number of nitrogens with one attached hydrogen (secondary N) is 1. The Kier molecular flexibility index (Phi) is 5.66. The summed E-state index contributed by atoms with van der Waals surface area (Å²) in [6.45, 7) is 0. The molecule has 0 aliphatic carbocycles. The number of nitrogens with two attached hydrogens (primary N) is 1. The lowest BCUT2D eigenvalue weighted by molar-refractivity contribution is -0.113. The fourth-order valence-corrected chi connectivity index (χ4v) is 0.951. The number of primary amides is 1. The van der Waals surface area contributed by atoms with Crippen molar-refractivity contribution >= 4 is 18.2 Å². The monoisotopic (exact) mass is 231 g/mol. The lowest BCUT2D eigenvalue weighted by Gasteiger charge is -1.96. The van der Waals surface area contributed by atoms with E-state index >= 15 is 0 Å². The number of nitrogens with zero attached hydrogens (tertiary/aromatic N) is 1. The first-order valence-corrected chi connectivity index (χ1v) is 4.90. The molecule has 0 saturated heterocycles. The third-order valence-electron chi connectivity index (χ3n) is 1.65. The largest absolute Gasteiger partial charge is 0.373 e. The molecule has 0 bridgehead atoms. The average molecular weight is 231 g/mol. The maximum atomic E-state index is 10.3. The molecule has 1 aliphatic heterocycles. The van der Waals surface area contributed by atoms with E-state index in [1.165, 1.54) is 12.3 Å². The summed E-state index contributed by atoms with van der Waals surface area (Å²) in [5, 5.41) is 3.49. The standard InChI is InChI=1S/C9H9NO.C3H4N2O/c10-9(11)7-6-8-4-2-1-3-5-8;1-2-4-5-6-3-1/h1-7H,(H2,10,11);1-3,5H. The summed E-state index contributed by atoms with van der Waals surface area (Å²) in [6.07, 6.45) is 7.82. The zero-order chi connectivity index (χ0) is 12.3. The van der Waals surface area contributed by atoms with E-state index in [0.717, 1.165) is 5.56 Å². The molecule has 1 aromatic rings. The zero-order valence-electron chi connectivity index (χ0n) is 9.11. The van der Waals surface area contributed by atoms with Gasteiger partial charge in [0.15, 0.2) is 0 Å². The molecule has 5 heteroatoms. The van der Waals surface area contributed by atoms with Gasteiger partial charge >= 0.3 is 0 Å². The summed E-state index contributed by atoms with van der Waals surface area (Å²) in [4.78, 5) is 14.7. The topological polar surface area (TPSA) is 76.7 Å². The van der Waals surface area contributed by atoms with Gasteiger partial charge in [0.2, 0.25) is 5.91 Å². The molecule has 0 unspecified atom stereocenters. The molecule has 88 valence electrons. The van der Waals surface area contributed by atoms with E-state index in [-0.39, 0.29) is 0 Å². The fraction of sp³-hybridized carbons (Fsp3) is 0. The minimum atomic E-state index is -0.422. The van der Waals surface area contributed by atoms with Crippen molar-refractivity contribution < 1.29 is 9.63 Å². The lowest BCUT2D eigenvalue weighted by Crippen LogP contribution is -2.04. The second-order valence-corrected chi connectivity index (χ2v) is 2.96. The number of rotatable bonds is 2. The number of carbonyl (C=O) groups excluding carboxylic acids is 1. The smallest absolute Gasteiger partial charge is 0.241 e. The van der Waals surface area contributed by atoms with Gasteiger partial charge < -0.3 is 10.6 Å². The molecular formula is C12H13N3O2. The summed E-state index contributed by atoms with van der Waals surface area (Å²) in [5.74, 6) is -0.422. The molecule has 1 heterocycles. The summed E-state index contributed by atoms with van der Waals surface area (Å²) >= 11 is 0. The number of hydrogen-bond donors (Lipinski definition) is 2. The molecule has 5 nitrogen and oxygen atoms in total. The van der Waals surface area contributed by atoms with Gasteiger partial charge in [-0.3, -0.25) is 4.79 Å². The first-order valence-electron chi connectivity index (χ1n) is 4.90. The molecule has 2 rings (SSSR count). The van der Waals surface area contributed by atoms with E-state index in [9.17, 15) is 4.79 Å². The molecule has 1 aromatic carbocycles. The van der Waals surface area contributed by atoms with Crippen LogP contribution in [-0.2, 0) is 9.63 Å². The van der Waals surface area contributed by atoms with Gasteiger partial charge in [-0.25, -0.2) is 0 Å². The average Bonchev–Trinajstić information content (AvgIpc) is 2.40. The van der Waals surface area contributed by atoms with Gasteiger partial charge in [0.25, 0.3) is 0 Å². The molecule has 0 radical (unpaired) electrons. The highest BCUT2D eigenvalue weighted by Gasteiger charge is 1.84. The number of hydrazone groups is 1. The van der Waals surface area contributed by atoms with E-state index in [1.807, 2.05) is 30.3 Å². The Morgan fingerprint density at radius 1 is 1.35 bits per heavy atom. The maximum Gasteiger partial charge on any atom is 0.241 e. The third kappa shape index (κ3) is 6.51. The van der Waals surface area contributed by atoms with Crippen LogP contribution in [0.4, 0.5) is 0 Å². The van der Waals surface area contributed by atoms with Gasteiger partial charge in [-0.05, 0) is 17.7 Å². The predicted molar refractivity (Wildman–Crippen MR) is 66.5 cm³/mol. The molecule has 1 aliphatic rings. The van der Waals surface area contributed by atoms with E-state index in [0.29, 0.717) is 0 Å². The highest BCUT2D eigenvalue weighted by atomic mass is 16.7. The first-order chi connectivity index (χ1) is 8.29. The first kappa shape index (κ1) is 12.5. The van der Waals surface area contributed by atoms with Crippen LogP contribution in [0.1, 0.15) is 5.56 Å². The SMILES string of the molecule is C1=CONN=C1.NC(=O)C=Cc1ccccc1. The van der Waals surface area contributed by atoms with Crippen LogP contribution in [0.25, 0.3) is 6.08 Å². The van der Waals surface area contributed by atoms with Crippen molar-refractivity contribution in [2.75, 3.05) is 0 Å². The Morgan fingerprint density at radius 2 is 2.12 bits per heavy atom. The molecule has 0 atom stereocenters. The van der Waals surface area contributed by atoms with Crippen LogP contribution in [0.15, 0.2) is 53.8 Å². The Labute approximate surface area is 99.2 Å². The number of amides is 1. The number of benzene rings is 1. The third-order valence-corrected chi connectivity index (χ3v) is 1.65. The van der Waals surface area contributed by atoms with E-state index in [2.05, 4.69) is 15.5 Å². The van der Waals surface area contributed by atoms with Crippen LogP contribution < -0.4 is 11.3 Å². The number of hydrogen-bond acceptors (Lipinski definition) is 4. The van der Waals surface area contributed by atoms with Crippen molar-refractivity contribution in [1.29, 1.82) is 0 Å². The van der Waals surface area contributed by atoms with Crippen molar-refractivity contribution in [3.63, 3.8) is 0 Å². The summed E-state index contributed by atoms with van der Waals surface area (Å²) in [7, 11) is 0. The second kappa shape index (κ2) is 7.70. The van der Waals surface area contributed by atoms with Crippen molar-refractivity contribution in [3.05, 3.63) is 54.3 Å². The molecule has 0 saturated carbocycles. The Bertz CT molecular complexity index is 413. The minimum absolute atomic E-state index is 0.422. The molecular weight excluding hydrogens is 218 g/mol. The molecule has 3 N–H and O–H groups in total. The second-order valence-electron chi connectivity index (χ2n) is 2.96. The van der Waals surface area contributed by atoms with Gasteiger partial charge in [-0.15, -0.1) is 5.59 Å². The highest BCUT2D eigenvalue weighted by Crippen LogP contribution is 1.99. The zero-order valence-corrected chi connectivity index (χ0v) is 9.11. The Balaban J connectivity index is 0.000000202. The molecule has 0 spiro atoms. The van der Waals surface area contributed by atoms with Crippen molar-refractivity contribution in [2.45, 2.75) is 0 Å². The molecule has 0 fully saturated rings. The van der Waals surface area contributed by atoms with Crippen molar-refractivity contribution in [3.8, 4) is 0 Å². The number of carbonyl (C=O) groups is 1. The van der Waals surface area contributed by atoms with E-state index in [1.54, 1.807) is 18.4 Å². The molecule has 1 amide bonds.